The van der Waals surface area contributed by atoms with Gasteiger partial charge in [-0.1, -0.05) is 0 Å². The predicted molar refractivity (Wildman–Crippen MR) is 83.8 cm³/mol. The van der Waals surface area contributed by atoms with Gasteiger partial charge in [-0.05, 0) is 32.2 Å². The van der Waals surface area contributed by atoms with E-state index >= 15 is 0 Å². The van der Waals surface area contributed by atoms with Crippen LogP contribution in [-0.2, 0) is 4.79 Å². The summed E-state index contributed by atoms with van der Waals surface area (Å²) in [5.74, 6) is 0.0421. The monoisotopic (exact) mass is 305 g/mol. The Morgan fingerprint density at radius 2 is 2.00 bits per heavy atom. The molecule has 21 heavy (non-hydrogen) atoms. The number of anilines is 1. The van der Waals surface area contributed by atoms with Crippen LogP contribution in [0, 0.1) is 0 Å². The Morgan fingerprint density at radius 3 is 2.71 bits per heavy atom. The van der Waals surface area contributed by atoms with Gasteiger partial charge in [0.15, 0.2) is 0 Å². The molecule has 0 spiro atoms. The van der Waals surface area contributed by atoms with Crippen LogP contribution in [0.3, 0.4) is 0 Å². The smallest absolute Gasteiger partial charge is 0.254 e. The fourth-order valence-corrected chi connectivity index (χ4v) is 3.46. The van der Waals surface area contributed by atoms with Crippen LogP contribution in [-0.4, -0.2) is 60.1 Å². The van der Waals surface area contributed by atoms with Crippen molar-refractivity contribution in [2.24, 2.45) is 0 Å². The molecule has 1 unspecified atom stereocenters. The molecular weight excluding hydrogens is 286 g/mol. The van der Waals surface area contributed by atoms with E-state index in [0.717, 1.165) is 36.8 Å². The third-order valence-corrected chi connectivity index (χ3v) is 5.13. The molecule has 2 amide bonds. The van der Waals surface area contributed by atoms with Gasteiger partial charge >= 0.3 is 0 Å². The van der Waals surface area contributed by atoms with Crippen molar-refractivity contribution in [1.82, 2.24) is 9.80 Å². The molecule has 0 bridgehead atoms. The maximum Gasteiger partial charge on any atom is 0.254 e. The maximum absolute atomic E-state index is 12.5. The summed E-state index contributed by atoms with van der Waals surface area (Å²) in [5, 5.41) is 2.79. The van der Waals surface area contributed by atoms with E-state index in [1.807, 2.05) is 24.0 Å². The quantitative estimate of drug-likeness (QED) is 0.854. The summed E-state index contributed by atoms with van der Waals surface area (Å²) >= 11 is 1.53. The molecule has 1 atom stereocenters. The fraction of sp³-hybridized carbons (Fsp3) is 0.467. The zero-order valence-electron chi connectivity index (χ0n) is 12.3. The molecule has 1 aromatic rings. The summed E-state index contributed by atoms with van der Waals surface area (Å²) < 4.78 is 0. The fourth-order valence-electron chi connectivity index (χ4n) is 2.53. The number of nitrogens with zero attached hydrogens (tertiary/aromatic N) is 2. The van der Waals surface area contributed by atoms with Crippen molar-refractivity contribution < 1.29 is 9.59 Å². The van der Waals surface area contributed by atoms with Gasteiger partial charge in [0.25, 0.3) is 5.91 Å². The molecule has 1 aromatic carbocycles. The molecule has 112 valence electrons. The Labute approximate surface area is 128 Å². The highest BCUT2D eigenvalue weighted by Crippen LogP contribution is 2.36. The van der Waals surface area contributed by atoms with Crippen molar-refractivity contribution in [3.8, 4) is 0 Å². The Kier molecular flexibility index (Phi) is 3.91. The van der Waals surface area contributed by atoms with Gasteiger partial charge in [-0.25, -0.2) is 0 Å². The second-order valence-electron chi connectivity index (χ2n) is 5.56. The highest BCUT2D eigenvalue weighted by molar-refractivity contribution is 8.00. The number of benzene rings is 1. The Balaban J connectivity index is 1.79. The maximum atomic E-state index is 12.5. The number of carbonyl (C=O) groups excluding carboxylic acids is 2. The lowest BCUT2D eigenvalue weighted by molar-refractivity contribution is -0.115. The van der Waals surface area contributed by atoms with Crippen LogP contribution in [0.4, 0.5) is 5.69 Å². The number of rotatable bonds is 1. The zero-order valence-corrected chi connectivity index (χ0v) is 13.1. The van der Waals surface area contributed by atoms with Gasteiger partial charge in [0.05, 0.1) is 10.9 Å². The van der Waals surface area contributed by atoms with E-state index in [4.69, 9.17) is 0 Å². The zero-order chi connectivity index (χ0) is 15.0. The van der Waals surface area contributed by atoms with E-state index in [2.05, 4.69) is 17.3 Å². The number of hydrogen-bond donors (Lipinski definition) is 1. The van der Waals surface area contributed by atoms with Gasteiger partial charge in [0.1, 0.15) is 0 Å². The number of amides is 2. The van der Waals surface area contributed by atoms with Crippen LogP contribution in [0.2, 0.25) is 0 Å². The van der Waals surface area contributed by atoms with E-state index in [-0.39, 0.29) is 17.1 Å². The van der Waals surface area contributed by atoms with E-state index in [9.17, 15) is 9.59 Å². The molecule has 1 N–H and O–H groups in total. The Morgan fingerprint density at radius 1 is 1.29 bits per heavy atom. The van der Waals surface area contributed by atoms with Gasteiger partial charge in [-0.3, -0.25) is 9.59 Å². The van der Waals surface area contributed by atoms with Crippen molar-refractivity contribution in [3.63, 3.8) is 0 Å². The summed E-state index contributed by atoms with van der Waals surface area (Å²) in [6, 6.07) is 5.59. The Hall–Kier alpha value is -1.53. The Bertz CT molecular complexity index is 582. The van der Waals surface area contributed by atoms with Crippen molar-refractivity contribution in [2.75, 3.05) is 38.5 Å². The van der Waals surface area contributed by atoms with Crippen molar-refractivity contribution in [1.29, 1.82) is 0 Å². The van der Waals surface area contributed by atoms with Crippen LogP contribution in [0.15, 0.2) is 23.1 Å². The molecule has 0 saturated carbocycles. The minimum Gasteiger partial charge on any atom is -0.336 e. The number of nitrogens with one attached hydrogen (secondary N) is 1. The van der Waals surface area contributed by atoms with Crippen LogP contribution in [0.25, 0.3) is 0 Å². The van der Waals surface area contributed by atoms with Crippen LogP contribution in [0.1, 0.15) is 17.3 Å². The van der Waals surface area contributed by atoms with Crippen molar-refractivity contribution in [2.45, 2.75) is 17.1 Å². The van der Waals surface area contributed by atoms with Gasteiger partial charge in [-0.2, -0.15) is 0 Å². The standard InChI is InChI=1S/C15H19N3O2S/c1-10-14(19)16-12-9-11(3-4-13(12)21-10)15(20)18-7-5-17(2)6-8-18/h3-4,9-10H,5-8H2,1-2H3,(H,16,19). The first kappa shape index (κ1) is 14.4. The second-order valence-corrected chi connectivity index (χ2v) is 6.94. The van der Waals surface area contributed by atoms with Crippen LogP contribution >= 0.6 is 11.8 Å². The SMILES string of the molecule is CC1Sc2ccc(C(=O)N3CCN(C)CC3)cc2NC1=O. The topological polar surface area (TPSA) is 52.7 Å². The van der Waals surface area contributed by atoms with Gasteiger partial charge in [0, 0.05) is 36.6 Å². The average molecular weight is 305 g/mol. The molecule has 2 aliphatic rings. The van der Waals surface area contributed by atoms with Crippen LogP contribution in [0.5, 0.6) is 0 Å². The predicted octanol–water partition coefficient (Wildman–Crippen LogP) is 1.51. The third kappa shape index (κ3) is 2.91. The van der Waals surface area contributed by atoms with E-state index in [1.54, 1.807) is 6.07 Å². The van der Waals surface area contributed by atoms with E-state index < -0.39 is 0 Å². The molecule has 1 saturated heterocycles. The van der Waals surface area contributed by atoms with Crippen molar-refractivity contribution >= 4 is 29.3 Å². The lowest BCUT2D eigenvalue weighted by Gasteiger charge is -2.32. The first-order valence-corrected chi connectivity index (χ1v) is 8.02. The van der Waals surface area contributed by atoms with Crippen LogP contribution < -0.4 is 5.32 Å². The first-order valence-electron chi connectivity index (χ1n) is 7.14. The summed E-state index contributed by atoms with van der Waals surface area (Å²) in [6.07, 6.45) is 0. The number of carbonyl (C=O) groups is 2. The van der Waals surface area contributed by atoms with E-state index in [0.29, 0.717) is 5.56 Å². The molecule has 6 heteroatoms. The summed E-state index contributed by atoms with van der Waals surface area (Å²) in [6.45, 7) is 5.20. The highest BCUT2D eigenvalue weighted by atomic mass is 32.2. The summed E-state index contributed by atoms with van der Waals surface area (Å²) in [4.78, 5) is 29.4. The van der Waals surface area contributed by atoms with Gasteiger partial charge in [-0.15, -0.1) is 11.8 Å². The molecule has 0 radical (unpaired) electrons. The third-order valence-electron chi connectivity index (χ3n) is 3.95. The van der Waals surface area contributed by atoms with Crippen molar-refractivity contribution in [3.05, 3.63) is 23.8 Å². The number of likely N-dealkylation sites (N-methyl/N-ethyl adjacent to an activating group) is 1. The lowest BCUT2D eigenvalue weighted by Crippen LogP contribution is -2.47. The molecule has 3 rings (SSSR count). The molecule has 1 fully saturated rings. The minimum absolute atomic E-state index is 0.00306. The molecule has 2 aliphatic heterocycles. The minimum atomic E-state index is -0.0864. The molecule has 0 aliphatic carbocycles. The normalized spacial score (nSPS) is 22.7. The largest absolute Gasteiger partial charge is 0.336 e. The van der Waals surface area contributed by atoms with E-state index in [1.165, 1.54) is 11.8 Å². The number of piperazine rings is 1. The molecule has 5 nitrogen and oxygen atoms in total. The first-order chi connectivity index (χ1) is 10.0. The summed E-state index contributed by atoms with van der Waals surface area (Å²) in [5.41, 5.74) is 1.40. The lowest BCUT2D eigenvalue weighted by atomic mass is 10.1. The number of thioether (sulfide) groups is 1. The van der Waals surface area contributed by atoms with Gasteiger partial charge < -0.3 is 15.1 Å². The number of fused-ring (bicyclic) bond motifs is 1. The molecule has 2 heterocycles. The number of hydrogen-bond acceptors (Lipinski definition) is 4. The molecular formula is C15H19N3O2S. The highest BCUT2D eigenvalue weighted by Gasteiger charge is 2.25. The second kappa shape index (κ2) is 5.69. The van der Waals surface area contributed by atoms with Gasteiger partial charge in [0.2, 0.25) is 5.91 Å². The molecule has 0 aromatic heterocycles. The average Bonchev–Trinajstić information content (AvgIpc) is 2.48. The summed E-state index contributed by atoms with van der Waals surface area (Å²) in [7, 11) is 2.06.